The molecule has 3 nitrogen and oxygen atoms in total. The predicted octanol–water partition coefficient (Wildman–Crippen LogP) is 3.72. The molecule has 19 heavy (non-hydrogen) atoms. The van der Waals surface area contributed by atoms with Gasteiger partial charge < -0.3 is 5.32 Å². The van der Waals surface area contributed by atoms with Crippen LogP contribution in [0.5, 0.6) is 0 Å². The van der Waals surface area contributed by atoms with E-state index in [1.807, 2.05) is 6.07 Å². The second-order valence-electron chi connectivity index (χ2n) is 5.35. The van der Waals surface area contributed by atoms with Gasteiger partial charge in [-0.3, -0.25) is 9.97 Å². The van der Waals surface area contributed by atoms with E-state index in [4.69, 9.17) is 0 Å². The minimum atomic E-state index is 0.368. The van der Waals surface area contributed by atoms with Crippen LogP contribution in [0.4, 0.5) is 0 Å². The van der Waals surface area contributed by atoms with Gasteiger partial charge in [0.25, 0.3) is 0 Å². The topological polar surface area (TPSA) is 37.8 Å². The average molecular weight is 257 g/mol. The highest BCUT2D eigenvalue weighted by atomic mass is 14.9. The van der Waals surface area contributed by atoms with Crippen molar-refractivity contribution in [1.29, 1.82) is 0 Å². The third-order valence-electron chi connectivity index (χ3n) is 3.39. The van der Waals surface area contributed by atoms with E-state index in [0.717, 1.165) is 29.9 Å². The van der Waals surface area contributed by atoms with E-state index in [1.165, 1.54) is 12.0 Å². The summed E-state index contributed by atoms with van der Waals surface area (Å²) in [6.07, 6.45) is 5.88. The number of hydrogen-bond acceptors (Lipinski definition) is 3. The molecule has 0 spiro atoms. The fourth-order valence-electron chi connectivity index (χ4n) is 2.41. The molecule has 1 aromatic carbocycles. The molecule has 0 aliphatic heterocycles. The average Bonchev–Trinajstić information content (AvgIpc) is 2.43. The number of fused-ring (bicyclic) bond motifs is 1. The number of para-hydroxylation sites is 1. The third-order valence-corrected chi connectivity index (χ3v) is 3.39. The van der Waals surface area contributed by atoms with Gasteiger partial charge in [0.1, 0.15) is 0 Å². The quantitative estimate of drug-likeness (QED) is 0.857. The highest BCUT2D eigenvalue weighted by Crippen LogP contribution is 2.26. The summed E-state index contributed by atoms with van der Waals surface area (Å²) in [7, 11) is 0. The lowest BCUT2D eigenvalue weighted by atomic mass is 9.96. The molecule has 0 bridgehead atoms. The Labute approximate surface area is 115 Å². The van der Waals surface area contributed by atoms with Crippen LogP contribution >= 0.6 is 0 Å². The lowest BCUT2D eigenvalue weighted by Gasteiger charge is -2.20. The predicted molar refractivity (Wildman–Crippen MR) is 80.0 cm³/mol. The van der Waals surface area contributed by atoms with Gasteiger partial charge >= 0.3 is 0 Å². The molecule has 0 aliphatic rings. The molecule has 1 unspecified atom stereocenters. The van der Waals surface area contributed by atoms with Crippen LogP contribution in [0.15, 0.2) is 30.6 Å². The van der Waals surface area contributed by atoms with E-state index in [1.54, 1.807) is 12.4 Å². The second kappa shape index (κ2) is 6.62. The molecule has 0 aliphatic carbocycles. The van der Waals surface area contributed by atoms with Gasteiger partial charge in [-0.25, -0.2) is 0 Å². The normalized spacial score (nSPS) is 13.1. The lowest BCUT2D eigenvalue weighted by Crippen LogP contribution is -2.21. The van der Waals surface area contributed by atoms with E-state index in [2.05, 4.69) is 48.2 Å². The fourth-order valence-corrected chi connectivity index (χ4v) is 2.41. The molecule has 0 fully saturated rings. The summed E-state index contributed by atoms with van der Waals surface area (Å²) in [6.45, 7) is 7.66. The van der Waals surface area contributed by atoms with E-state index in [0.29, 0.717) is 6.04 Å². The summed E-state index contributed by atoms with van der Waals surface area (Å²) in [5, 5.41) is 3.58. The molecular formula is C16H23N3. The molecule has 0 saturated heterocycles. The SMILES string of the molecule is CCNC(CCC(C)C)c1cccc2nccnc12. The highest BCUT2D eigenvalue weighted by molar-refractivity contribution is 5.78. The zero-order chi connectivity index (χ0) is 13.7. The van der Waals surface area contributed by atoms with Gasteiger partial charge in [0.15, 0.2) is 0 Å². The first-order chi connectivity index (χ1) is 9.22. The lowest BCUT2D eigenvalue weighted by molar-refractivity contribution is 0.450. The molecule has 2 rings (SSSR count). The summed E-state index contributed by atoms with van der Waals surface area (Å²) < 4.78 is 0. The van der Waals surface area contributed by atoms with Crippen molar-refractivity contribution >= 4 is 11.0 Å². The maximum Gasteiger partial charge on any atom is 0.0934 e. The molecule has 1 aromatic heterocycles. The largest absolute Gasteiger partial charge is 0.310 e. The highest BCUT2D eigenvalue weighted by Gasteiger charge is 2.14. The maximum absolute atomic E-state index is 4.51. The number of nitrogens with one attached hydrogen (secondary N) is 1. The molecule has 1 atom stereocenters. The molecule has 3 heteroatoms. The Balaban J connectivity index is 2.32. The van der Waals surface area contributed by atoms with Crippen LogP contribution in [0, 0.1) is 5.92 Å². The first kappa shape index (κ1) is 13.9. The van der Waals surface area contributed by atoms with Crippen molar-refractivity contribution in [1.82, 2.24) is 15.3 Å². The van der Waals surface area contributed by atoms with Crippen LogP contribution in [0.1, 0.15) is 45.2 Å². The van der Waals surface area contributed by atoms with Crippen molar-refractivity contribution in [2.24, 2.45) is 5.92 Å². The van der Waals surface area contributed by atoms with Crippen LogP contribution in [0.3, 0.4) is 0 Å². The summed E-state index contributed by atoms with van der Waals surface area (Å²) in [4.78, 5) is 8.90. The number of hydrogen-bond donors (Lipinski definition) is 1. The van der Waals surface area contributed by atoms with E-state index >= 15 is 0 Å². The van der Waals surface area contributed by atoms with Crippen LogP contribution in [-0.2, 0) is 0 Å². The maximum atomic E-state index is 4.51. The molecule has 0 radical (unpaired) electrons. The number of rotatable bonds is 6. The standard InChI is InChI=1S/C16H23N3/c1-4-17-14(9-8-12(2)3)13-6-5-7-15-16(13)19-11-10-18-15/h5-7,10-12,14,17H,4,8-9H2,1-3H3. The van der Waals surface area contributed by atoms with Gasteiger partial charge in [0.05, 0.1) is 11.0 Å². The fraction of sp³-hybridized carbons (Fsp3) is 0.500. The molecule has 1 heterocycles. The van der Waals surface area contributed by atoms with Crippen LogP contribution < -0.4 is 5.32 Å². The Kier molecular flexibility index (Phi) is 4.86. The van der Waals surface area contributed by atoms with Crippen molar-refractivity contribution in [3.05, 3.63) is 36.2 Å². The van der Waals surface area contributed by atoms with Crippen molar-refractivity contribution in [3.8, 4) is 0 Å². The minimum Gasteiger partial charge on any atom is -0.310 e. The van der Waals surface area contributed by atoms with Gasteiger partial charge in [0, 0.05) is 18.4 Å². The monoisotopic (exact) mass is 257 g/mol. The van der Waals surface area contributed by atoms with Gasteiger partial charge in [-0.05, 0) is 36.9 Å². The van der Waals surface area contributed by atoms with E-state index < -0.39 is 0 Å². The third kappa shape index (κ3) is 3.51. The summed E-state index contributed by atoms with van der Waals surface area (Å²) in [6, 6.07) is 6.64. The molecule has 0 saturated carbocycles. The van der Waals surface area contributed by atoms with Gasteiger partial charge in [-0.1, -0.05) is 32.9 Å². The number of aromatic nitrogens is 2. The molecule has 0 amide bonds. The number of nitrogens with zero attached hydrogens (tertiary/aromatic N) is 2. The second-order valence-corrected chi connectivity index (χ2v) is 5.35. The Bertz CT molecular complexity index is 517. The van der Waals surface area contributed by atoms with Crippen molar-refractivity contribution < 1.29 is 0 Å². The Morgan fingerprint density at radius 1 is 1.11 bits per heavy atom. The van der Waals surface area contributed by atoms with Crippen molar-refractivity contribution in [2.75, 3.05) is 6.54 Å². The number of benzene rings is 1. The molecule has 1 N–H and O–H groups in total. The Morgan fingerprint density at radius 3 is 2.63 bits per heavy atom. The first-order valence-electron chi connectivity index (χ1n) is 7.15. The first-order valence-corrected chi connectivity index (χ1v) is 7.15. The molecule has 2 aromatic rings. The summed E-state index contributed by atoms with van der Waals surface area (Å²) >= 11 is 0. The Hall–Kier alpha value is -1.48. The smallest absolute Gasteiger partial charge is 0.0934 e. The van der Waals surface area contributed by atoms with Crippen molar-refractivity contribution in [2.45, 2.75) is 39.7 Å². The van der Waals surface area contributed by atoms with Gasteiger partial charge in [-0.15, -0.1) is 0 Å². The van der Waals surface area contributed by atoms with Crippen molar-refractivity contribution in [3.63, 3.8) is 0 Å². The zero-order valence-corrected chi connectivity index (χ0v) is 12.1. The Morgan fingerprint density at radius 2 is 1.89 bits per heavy atom. The van der Waals surface area contributed by atoms with Crippen LogP contribution in [0.2, 0.25) is 0 Å². The van der Waals surface area contributed by atoms with Crippen LogP contribution in [-0.4, -0.2) is 16.5 Å². The zero-order valence-electron chi connectivity index (χ0n) is 12.1. The summed E-state index contributed by atoms with van der Waals surface area (Å²) in [5.74, 6) is 0.724. The minimum absolute atomic E-state index is 0.368. The van der Waals surface area contributed by atoms with Gasteiger partial charge in [0.2, 0.25) is 0 Å². The van der Waals surface area contributed by atoms with Gasteiger partial charge in [-0.2, -0.15) is 0 Å². The van der Waals surface area contributed by atoms with Crippen LogP contribution in [0.25, 0.3) is 11.0 Å². The molecule has 102 valence electrons. The summed E-state index contributed by atoms with van der Waals surface area (Å²) in [5.41, 5.74) is 3.28. The van der Waals surface area contributed by atoms with E-state index in [9.17, 15) is 0 Å². The molecular weight excluding hydrogens is 234 g/mol. The van der Waals surface area contributed by atoms with E-state index in [-0.39, 0.29) is 0 Å².